The Balaban J connectivity index is 2.26. The van der Waals surface area contributed by atoms with Gasteiger partial charge in [0.2, 0.25) is 0 Å². The average Bonchev–Trinajstić information content (AvgIpc) is 2.38. The molecule has 0 spiro atoms. The molecule has 0 aliphatic heterocycles. The van der Waals surface area contributed by atoms with Gasteiger partial charge < -0.3 is 10.5 Å². The van der Waals surface area contributed by atoms with Crippen molar-refractivity contribution < 1.29 is 4.74 Å². The molecule has 18 heavy (non-hydrogen) atoms. The standard InChI is InChI=1S/C15H25NOS/c1-15(2,12-16)10-6-7-11-17-13-8-4-5-9-14(13)18-3/h4-5,8-9H,6-7,10-12,16H2,1-3H3. The van der Waals surface area contributed by atoms with E-state index in [1.807, 2.05) is 18.2 Å². The van der Waals surface area contributed by atoms with Crippen LogP contribution < -0.4 is 10.5 Å². The van der Waals surface area contributed by atoms with Gasteiger partial charge in [-0.3, -0.25) is 0 Å². The molecule has 0 fully saturated rings. The Morgan fingerprint density at radius 1 is 1.22 bits per heavy atom. The minimum absolute atomic E-state index is 0.261. The van der Waals surface area contributed by atoms with E-state index in [1.54, 1.807) is 11.8 Å². The van der Waals surface area contributed by atoms with Crippen molar-refractivity contribution in [3.8, 4) is 5.75 Å². The quantitative estimate of drug-likeness (QED) is 0.572. The van der Waals surface area contributed by atoms with Crippen molar-refractivity contribution in [3.05, 3.63) is 24.3 Å². The molecule has 1 aromatic rings. The van der Waals surface area contributed by atoms with E-state index in [-0.39, 0.29) is 5.41 Å². The first kappa shape index (κ1) is 15.4. The van der Waals surface area contributed by atoms with E-state index in [0.717, 1.165) is 31.7 Å². The summed E-state index contributed by atoms with van der Waals surface area (Å²) in [6.07, 6.45) is 5.50. The first-order valence-electron chi connectivity index (χ1n) is 6.55. The summed E-state index contributed by atoms with van der Waals surface area (Å²) in [6.45, 7) is 5.98. The topological polar surface area (TPSA) is 35.2 Å². The number of nitrogens with two attached hydrogens (primary N) is 1. The largest absolute Gasteiger partial charge is 0.492 e. The smallest absolute Gasteiger partial charge is 0.132 e. The lowest BCUT2D eigenvalue weighted by Gasteiger charge is -2.21. The summed E-state index contributed by atoms with van der Waals surface area (Å²) in [4.78, 5) is 1.21. The highest BCUT2D eigenvalue weighted by molar-refractivity contribution is 7.98. The normalized spacial score (nSPS) is 11.6. The van der Waals surface area contributed by atoms with Gasteiger partial charge in [-0.2, -0.15) is 0 Å². The molecule has 0 atom stereocenters. The molecule has 0 radical (unpaired) electrons. The summed E-state index contributed by atoms with van der Waals surface area (Å²) in [5.74, 6) is 1.00. The molecule has 1 rings (SSSR count). The molecule has 0 saturated heterocycles. The lowest BCUT2D eigenvalue weighted by atomic mass is 9.87. The van der Waals surface area contributed by atoms with Crippen molar-refractivity contribution in [3.63, 3.8) is 0 Å². The van der Waals surface area contributed by atoms with Crippen LogP contribution in [0.25, 0.3) is 0 Å². The van der Waals surface area contributed by atoms with Crippen LogP contribution in [0.1, 0.15) is 33.1 Å². The van der Waals surface area contributed by atoms with Crippen molar-refractivity contribution in [1.82, 2.24) is 0 Å². The zero-order valence-electron chi connectivity index (χ0n) is 11.7. The van der Waals surface area contributed by atoms with Crippen LogP contribution in [0.15, 0.2) is 29.2 Å². The van der Waals surface area contributed by atoms with Gasteiger partial charge in [-0.1, -0.05) is 26.0 Å². The van der Waals surface area contributed by atoms with Crippen molar-refractivity contribution in [2.45, 2.75) is 38.0 Å². The zero-order valence-corrected chi connectivity index (χ0v) is 12.6. The molecule has 2 nitrogen and oxygen atoms in total. The number of benzene rings is 1. The van der Waals surface area contributed by atoms with E-state index < -0.39 is 0 Å². The fraction of sp³-hybridized carbons (Fsp3) is 0.600. The molecular formula is C15H25NOS. The summed E-state index contributed by atoms with van der Waals surface area (Å²) in [6, 6.07) is 8.20. The molecule has 2 N–H and O–H groups in total. The van der Waals surface area contributed by atoms with Crippen LogP contribution in [0.5, 0.6) is 5.75 Å². The van der Waals surface area contributed by atoms with E-state index in [4.69, 9.17) is 10.5 Å². The Morgan fingerprint density at radius 3 is 2.61 bits per heavy atom. The first-order chi connectivity index (χ1) is 8.59. The lowest BCUT2D eigenvalue weighted by Crippen LogP contribution is -2.23. The second-order valence-corrected chi connectivity index (χ2v) is 6.17. The summed E-state index contributed by atoms with van der Waals surface area (Å²) in [7, 11) is 0. The predicted molar refractivity (Wildman–Crippen MR) is 80.4 cm³/mol. The van der Waals surface area contributed by atoms with Crippen LogP contribution in [0.2, 0.25) is 0 Å². The van der Waals surface area contributed by atoms with E-state index in [2.05, 4.69) is 26.2 Å². The summed E-state index contributed by atoms with van der Waals surface area (Å²) in [5, 5.41) is 0. The van der Waals surface area contributed by atoms with Crippen LogP contribution in [-0.4, -0.2) is 19.4 Å². The maximum Gasteiger partial charge on any atom is 0.132 e. The summed E-state index contributed by atoms with van der Waals surface area (Å²) < 4.78 is 5.82. The molecule has 0 saturated carbocycles. The molecule has 0 aromatic heterocycles. The Hall–Kier alpha value is -0.670. The fourth-order valence-corrected chi connectivity index (χ4v) is 2.27. The van der Waals surface area contributed by atoms with Gasteiger partial charge in [0, 0.05) is 4.90 Å². The van der Waals surface area contributed by atoms with Crippen LogP contribution in [0, 0.1) is 5.41 Å². The Morgan fingerprint density at radius 2 is 1.94 bits per heavy atom. The predicted octanol–water partition coefficient (Wildman–Crippen LogP) is 3.94. The van der Waals surface area contributed by atoms with Crippen molar-refractivity contribution >= 4 is 11.8 Å². The number of thioether (sulfide) groups is 1. The van der Waals surface area contributed by atoms with E-state index in [1.165, 1.54) is 11.3 Å². The van der Waals surface area contributed by atoms with Crippen molar-refractivity contribution in [2.24, 2.45) is 11.1 Å². The molecule has 0 heterocycles. The third-order valence-corrected chi connectivity index (χ3v) is 3.90. The molecule has 0 bridgehead atoms. The first-order valence-corrected chi connectivity index (χ1v) is 7.77. The van der Waals surface area contributed by atoms with Crippen LogP contribution >= 0.6 is 11.8 Å². The monoisotopic (exact) mass is 267 g/mol. The van der Waals surface area contributed by atoms with Crippen LogP contribution in [0.4, 0.5) is 0 Å². The number of hydrogen-bond acceptors (Lipinski definition) is 3. The molecule has 0 amide bonds. The highest BCUT2D eigenvalue weighted by Crippen LogP contribution is 2.27. The number of unbranched alkanes of at least 4 members (excludes halogenated alkanes) is 1. The molecule has 102 valence electrons. The van der Waals surface area contributed by atoms with Crippen LogP contribution in [0.3, 0.4) is 0 Å². The number of rotatable bonds is 8. The molecule has 0 aliphatic carbocycles. The molecule has 1 aromatic carbocycles. The van der Waals surface area contributed by atoms with Crippen LogP contribution in [-0.2, 0) is 0 Å². The van der Waals surface area contributed by atoms with E-state index >= 15 is 0 Å². The third-order valence-electron chi connectivity index (χ3n) is 3.13. The van der Waals surface area contributed by atoms with Gasteiger partial charge >= 0.3 is 0 Å². The highest BCUT2D eigenvalue weighted by atomic mass is 32.2. The lowest BCUT2D eigenvalue weighted by molar-refractivity contribution is 0.275. The Kier molecular flexibility index (Phi) is 6.58. The minimum Gasteiger partial charge on any atom is -0.492 e. The minimum atomic E-state index is 0.261. The summed E-state index contributed by atoms with van der Waals surface area (Å²) in [5.41, 5.74) is 5.98. The van der Waals surface area contributed by atoms with Gasteiger partial charge in [-0.25, -0.2) is 0 Å². The van der Waals surface area contributed by atoms with Gasteiger partial charge in [0.05, 0.1) is 6.61 Å². The second-order valence-electron chi connectivity index (χ2n) is 5.32. The van der Waals surface area contributed by atoms with Crippen molar-refractivity contribution in [1.29, 1.82) is 0 Å². The van der Waals surface area contributed by atoms with Gasteiger partial charge in [0.15, 0.2) is 0 Å². The zero-order chi connectivity index (χ0) is 13.4. The van der Waals surface area contributed by atoms with Gasteiger partial charge in [-0.15, -0.1) is 11.8 Å². The number of ether oxygens (including phenoxy) is 1. The van der Waals surface area contributed by atoms with Gasteiger partial charge in [-0.05, 0) is 49.6 Å². The molecule has 3 heteroatoms. The summed E-state index contributed by atoms with van der Waals surface area (Å²) >= 11 is 1.73. The SMILES string of the molecule is CSc1ccccc1OCCCCC(C)(C)CN. The Bertz CT molecular complexity index is 352. The Labute approximate surface area is 115 Å². The molecular weight excluding hydrogens is 242 g/mol. The number of hydrogen-bond donors (Lipinski definition) is 1. The van der Waals surface area contributed by atoms with E-state index in [9.17, 15) is 0 Å². The van der Waals surface area contributed by atoms with Gasteiger partial charge in [0.25, 0.3) is 0 Å². The molecule has 0 aliphatic rings. The molecule has 0 unspecified atom stereocenters. The maximum absolute atomic E-state index is 5.82. The third kappa shape index (κ3) is 5.32. The van der Waals surface area contributed by atoms with Crippen molar-refractivity contribution in [2.75, 3.05) is 19.4 Å². The van der Waals surface area contributed by atoms with E-state index in [0.29, 0.717) is 0 Å². The second kappa shape index (κ2) is 7.70. The fourth-order valence-electron chi connectivity index (χ4n) is 1.73. The maximum atomic E-state index is 5.82. The highest BCUT2D eigenvalue weighted by Gasteiger charge is 2.14. The number of para-hydroxylation sites is 1. The average molecular weight is 267 g/mol. The van der Waals surface area contributed by atoms with Gasteiger partial charge in [0.1, 0.15) is 5.75 Å².